The van der Waals surface area contributed by atoms with Crippen LogP contribution < -0.4 is 10.6 Å². The van der Waals surface area contributed by atoms with Crippen LogP contribution >= 0.6 is 11.6 Å². The number of nitrogens with two attached hydrogens (primary N) is 1. The van der Waals surface area contributed by atoms with Crippen LogP contribution in [0, 0.1) is 0 Å². The molecule has 2 unspecified atom stereocenters. The molecule has 106 valence electrons. The maximum atomic E-state index is 6.47. The fraction of sp³-hybridized carbons (Fsp3) is 0.625. The number of hydrogen-bond donors (Lipinski definition) is 1. The zero-order valence-corrected chi connectivity index (χ0v) is 12.8. The molecule has 1 aromatic rings. The lowest BCUT2D eigenvalue weighted by atomic mass is 9.98. The maximum Gasteiger partial charge on any atom is 0.0642 e. The predicted molar refractivity (Wildman–Crippen MR) is 84.1 cm³/mol. The molecular weight excluding hydrogens is 256 g/mol. The largest absolute Gasteiger partial charge is 0.367 e. The third-order valence-corrected chi connectivity index (χ3v) is 4.47. The van der Waals surface area contributed by atoms with Crippen molar-refractivity contribution in [1.82, 2.24) is 0 Å². The molecule has 0 aromatic heterocycles. The van der Waals surface area contributed by atoms with E-state index in [4.69, 9.17) is 17.3 Å². The van der Waals surface area contributed by atoms with Crippen molar-refractivity contribution in [3.63, 3.8) is 0 Å². The Morgan fingerprint density at radius 3 is 2.89 bits per heavy atom. The Morgan fingerprint density at radius 1 is 1.42 bits per heavy atom. The fourth-order valence-electron chi connectivity index (χ4n) is 2.90. The van der Waals surface area contributed by atoms with Crippen molar-refractivity contribution < 1.29 is 0 Å². The number of piperidine rings is 1. The average molecular weight is 281 g/mol. The second-order valence-electron chi connectivity index (χ2n) is 5.66. The number of hydrogen-bond acceptors (Lipinski definition) is 2. The zero-order chi connectivity index (χ0) is 13.8. The molecule has 2 N–H and O–H groups in total. The van der Waals surface area contributed by atoms with Crippen molar-refractivity contribution >= 4 is 17.3 Å². The minimum atomic E-state index is 0.220. The van der Waals surface area contributed by atoms with Crippen molar-refractivity contribution in [3.05, 3.63) is 28.8 Å². The van der Waals surface area contributed by atoms with Crippen LogP contribution in [0.5, 0.6) is 0 Å². The van der Waals surface area contributed by atoms with Gasteiger partial charge in [-0.1, -0.05) is 30.7 Å². The first-order valence-corrected chi connectivity index (χ1v) is 7.81. The summed E-state index contributed by atoms with van der Waals surface area (Å²) in [6.45, 7) is 5.55. The van der Waals surface area contributed by atoms with Gasteiger partial charge in [0.15, 0.2) is 0 Å². The molecule has 2 rings (SSSR count). The Kier molecular flexibility index (Phi) is 5.12. The fourth-order valence-corrected chi connectivity index (χ4v) is 3.21. The van der Waals surface area contributed by atoms with Crippen molar-refractivity contribution in [3.8, 4) is 0 Å². The first-order chi connectivity index (χ1) is 9.13. The van der Waals surface area contributed by atoms with E-state index in [0.29, 0.717) is 6.04 Å². The summed E-state index contributed by atoms with van der Waals surface area (Å²) >= 11 is 6.47. The number of halogens is 1. The highest BCUT2D eigenvalue weighted by atomic mass is 35.5. The number of anilines is 1. The van der Waals surface area contributed by atoms with Crippen molar-refractivity contribution in [2.24, 2.45) is 5.73 Å². The van der Waals surface area contributed by atoms with E-state index >= 15 is 0 Å². The van der Waals surface area contributed by atoms with E-state index in [0.717, 1.165) is 24.4 Å². The summed E-state index contributed by atoms with van der Waals surface area (Å²) in [7, 11) is 0. The van der Waals surface area contributed by atoms with Gasteiger partial charge >= 0.3 is 0 Å². The van der Waals surface area contributed by atoms with E-state index in [2.05, 4.69) is 24.8 Å². The second-order valence-corrected chi connectivity index (χ2v) is 6.07. The van der Waals surface area contributed by atoms with E-state index in [1.807, 2.05) is 12.1 Å². The van der Waals surface area contributed by atoms with Crippen LogP contribution in [0.25, 0.3) is 0 Å². The van der Waals surface area contributed by atoms with Gasteiger partial charge in [0.25, 0.3) is 0 Å². The monoisotopic (exact) mass is 280 g/mol. The molecule has 0 amide bonds. The summed E-state index contributed by atoms with van der Waals surface area (Å²) in [5.41, 5.74) is 8.65. The van der Waals surface area contributed by atoms with Crippen LogP contribution in [0.3, 0.4) is 0 Å². The molecule has 3 heteroatoms. The summed E-state index contributed by atoms with van der Waals surface area (Å²) in [6.07, 6.45) is 5.75. The number of rotatable bonds is 4. The minimum absolute atomic E-state index is 0.220. The van der Waals surface area contributed by atoms with Crippen LogP contribution in [0.1, 0.15) is 45.1 Å². The molecule has 1 saturated heterocycles. The van der Waals surface area contributed by atoms with Gasteiger partial charge < -0.3 is 10.6 Å². The van der Waals surface area contributed by atoms with E-state index < -0.39 is 0 Å². The van der Waals surface area contributed by atoms with E-state index in [9.17, 15) is 0 Å². The molecule has 0 spiro atoms. The topological polar surface area (TPSA) is 29.3 Å². The molecule has 1 aliphatic heterocycles. The molecule has 1 aromatic carbocycles. The summed E-state index contributed by atoms with van der Waals surface area (Å²) in [5.74, 6) is 0. The van der Waals surface area contributed by atoms with Gasteiger partial charge in [-0.2, -0.15) is 0 Å². The van der Waals surface area contributed by atoms with Gasteiger partial charge in [-0.3, -0.25) is 0 Å². The number of para-hydroxylation sites is 1. The van der Waals surface area contributed by atoms with Crippen LogP contribution in [0.15, 0.2) is 18.2 Å². The molecule has 2 nitrogen and oxygen atoms in total. The Bertz CT molecular complexity index is 419. The smallest absolute Gasteiger partial charge is 0.0642 e. The highest BCUT2D eigenvalue weighted by Gasteiger charge is 2.23. The SMILES string of the molecule is CCC(N)Cc1cccc(Cl)c1N1CCCCC1C. The van der Waals surface area contributed by atoms with E-state index in [1.165, 1.54) is 30.5 Å². The maximum absolute atomic E-state index is 6.47. The molecule has 0 saturated carbocycles. The molecule has 1 heterocycles. The molecule has 1 aliphatic rings. The third-order valence-electron chi connectivity index (χ3n) is 4.17. The summed E-state index contributed by atoms with van der Waals surface area (Å²) < 4.78 is 0. The Hall–Kier alpha value is -0.730. The lowest BCUT2D eigenvalue weighted by Crippen LogP contribution is -2.38. The minimum Gasteiger partial charge on any atom is -0.367 e. The Labute approximate surface area is 121 Å². The quantitative estimate of drug-likeness (QED) is 0.903. The van der Waals surface area contributed by atoms with Crippen LogP contribution in [0.4, 0.5) is 5.69 Å². The molecule has 2 atom stereocenters. The lowest BCUT2D eigenvalue weighted by Gasteiger charge is -2.37. The zero-order valence-electron chi connectivity index (χ0n) is 12.0. The summed E-state index contributed by atoms with van der Waals surface area (Å²) in [4.78, 5) is 2.48. The van der Waals surface area contributed by atoms with Crippen LogP contribution in [0.2, 0.25) is 5.02 Å². The highest BCUT2D eigenvalue weighted by molar-refractivity contribution is 6.33. The van der Waals surface area contributed by atoms with E-state index in [-0.39, 0.29) is 6.04 Å². The van der Waals surface area contributed by atoms with Crippen LogP contribution in [-0.2, 0) is 6.42 Å². The van der Waals surface area contributed by atoms with Crippen molar-refractivity contribution in [2.75, 3.05) is 11.4 Å². The van der Waals surface area contributed by atoms with Gasteiger partial charge in [0.2, 0.25) is 0 Å². The Morgan fingerprint density at radius 2 is 2.21 bits per heavy atom. The first-order valence-electron chi connectivity index (χ1n) is 7.43. The summed E-state index contributed by atoms with van der Waals surface area (Å²) in [5, 5.41) is 0.870. The standard InChI is InChI=1S/C16H25ClN2/c1-3-14(18)11-13-8-6-9-15(17)16(13)19-10-5-4-7-12(19)2/h6,8-9,12,14H,3-5,7,10-11,18H2,1-2H3. The van der Waals surface area contributed by atoms with Gasteiger partial charge in [0.1, 0.15) is 0 Å². The van der Waals surface area contributed by atoms with Gasteiger partial charge in [-0.05, 0) is 50.7 Å². The predicted octanol–water partition coefficient (Wildman–Crippen LogP) is 4.00. The average Bonchev–Trinajstić information content (AvgIpc) is 2.40. The number of nitrogens with zero attached hydrogens (tertiary/aromatic N) is 1. The molecule has 0 aliphatic carbocycles. The van der Waals surface area contributed by atoms with Crippen molar-refractivity contribution in [2.45, 2.75) is 58.0 Å². The van der Waals surface area contributed by atoms with Gasteiger partial charge in [-0.25, -0.2) is 0 Å². The van der Waals surface area contributed by atoms with Gasteiger partial charge in [0, 0.05) is 18.6 Å². The Balaban J connectivity index is 2.31. The highest BCUT2D eigenvalue weighted by Crippen LogP contribution is 2.35. The first kappa shape index (κ1) is 14.7. The van der Waals surface area contributed by atoms with Gasteiger partial charge in [-0.15, -0.1) is 0 Å². The van der Waals surface area contributed by atoms with Gasteiger partial charge in [0.05, 0.1) is 10.7 Å². The molecular formula is C16H25ClN2. The summed E-state index contributed by atoms with van der Waals surface area (Å²) in [6, 6.07) is 7.01. The molecule has 0 radical (unpaired) electrons. The molecule has 0 bridgehead atoms. The molecule has 19 heavy (non-hydrogen) atoms. The van der Waals surface area contributed by atoms with E-state index in [1.54, 1.807) is 0 Å². The van der Waals surface area contributed by atoms with Crippen molar-refractivity contribution in [1.29, 1.82) is 0 Å². The second kappa shape index (κ2) is 6.62. The number of benzene rings is 1. The normalized spacial score (nSPS) is 21.5. The third kappa shape index (κ3) is 3.43. The lowest BCUT2D eigenvalue weighted by molar-refractivity contribution is 0.483. The van der Waals surface area contributed by atoms with Crippen LogP contribution in [-0.4, -0.2) is 18.6 Å². The molecule has 1 fully saturated rings.